The zero-order valence-corrected chi connectivity index (χ0v) is 13.5. The van der Waals surface area contributed by atoms with Gasteiger partial charge in [0.2, 0.25) is 0 Å². The summed E-state index contributed by atoms with van der Waals surface area (Å²) in [4.78, 5) is 0.940. The summed E-state index contributed by atoms with van der Waals surface area (Å²) < 4.78 is 9.15. The molecular weight excluding hydrogens is 320 g/mol. The Morgan fingerprint density at radius 3 is 2.77 bits per heavy atom. The summed E-state index contributed by atoms with van der Waals surface area (Å²) in [7, 11) is 1.66. The predicted octanol–water partition coefficient (Wildman–Crippen LogP) is 1.81. The van der Waals surface area contributed by atoms with E-state index in [0.29, 0.717) is 0 Å². The Balaban J connectivity index is 1.63. The number of fused-ring (bicyclic) bond motifs is 1. The number of thioether (sulfide) groups is 1. The number of amidine groups is 1. The van der Waals surface area contributed by atoms with Gasteiger partial charge in [0.25, 0.3) is 0 Å². The van der Waals surface area contributed by atoms with Gasteiger partial charge < -0.3 is 4.74 Å². The van der Waals surface area contributed by atoms with E-state index in [2.05, 4.69) is 25.2 Å². The number of benzene rings is 1. The lowest BCUT2D eigenvalue weighted by atomic mass is 10.2. The van der Waals surface area contributed by atoms with Crippen molar-refractivity contribution in [3.8, 4) is 5.75 Å². The third-order valence-electron chi connectivity index (χ3n) is 3.33. The van der Waals surface area contributed by atoms with E-state index in [0.717, 1.165) is 32.8 Å². The molecule has 2 aromatic rings. The number of hydrogen-bond acceptors (Lipinski definition) is 9. The molecule has 0 aliphatic carbocycles. The van der Waals surface area contributed by atoms with E-state index in [9.17, 15) is 0 Å². The summed E-state index contributed by atoms with van der Waals surface area (Å²) in [6, 6.07) is 7.87. The first-order valence-electron chi connectivity index (χ1n) is 6.58. The average molecular weight is 332 g/mol. The van der Waals surface area contributed by atoms with Crippen LogP contribution in [-0.4, -0.2) is 38.1 Å². The molecule has 0 spiro atoms. The minimum atomic E-state index is -0.0198. The van der Waals surface area contributed by atoms with Gasteiger partial charge in [-0.05, 0) is 42.7 Å². The molecule has 3 heterocycles. The van der Waals surface area contributed by atoms with Crippen LogP contribution in [0.15, 0.2) is 34.5 Å². The highest BCUT2D eigenvalue weighted by molar-refractivity contribution is 8.15. The third-order valence-corrected chi connectivity index (χ3v) is 5.23. The lowest BCUT2D eigenvalue weighted by Crippen LogP contribution is -2.30. The van der Waals surface area contributed by atoms with E-state index >= 15 is 0 Å². The Morgan fingerprint density at radius 2 is 2.09 bits per heavy atom. The second-order valence-electron chi connectivity index (χ2n) is 4.70. The Hall–Kier alpha value is -2.13. The van der Waals surface area contributed by atoms with E-state index in [1.54, 1.807) is 18.9 Å². The quantitative estimate of drug-likeness (QED) is 0.924. The van der Waals surface area contributed by atoms with Crippen LogP contribution in [0.1, 0.15) is 16.1 Å². The van der Waals surface area contributed by atoms with Crippen molar-refractivity contribution in [2.75, 3.05) is 7.11 Å². The highest BCUT2D eigenvalue weighted by atomic mass is 32.2. The molecule has 0 saturated carbocycles. The standard InChI is InChI=1S/C13H12N6OS2/c1-7-10(22-18-14-7)11-15-16-13-19(11)17-12(21-13)8-3-5-9(20-2)6-4-8/h3-6,13,16H,1-2H3. The molecule has 0 radical (unpaired) electrons. The average Bonchev–Trinajstić information content (AvgIpc) is 3.22. The first kappa shape index (κ1) is 13.5. The molecule has 0 bridgehead atoms. The summed E-state index contributed by atoms with van der Waals surface area (Å²) >= 11 is 2.96. The number of rotatable bonds is 3. The maximum absolute atomic E-state index is 5.18. The SMILES string of the molecule is COc1ccc(C2=NN3C(c4snnc4C)=NNC3S2)cc1. The molecule has 22 heavy (non-hydrogen) atoms. The number of aryl methyl sites for hydroxylation is 1. The molecule has 1 unspecified atom stereocenters. The molecule has 1 atom stereocenters. The van der Waals surface area contributed by atoms with Crippen molar-refractivity contribution in [2.24, 2.45) is 10.2 Å². The van der Waals surface area contributed by atoms with Gasteiger partial charge >= 0.3 is 0 Å². The number of ether oxygens (including phenoxy) is 1. The van der Waals surface area contributed by atoms with E-state index < -0.39 is 0 Å². The van der Waals surface area contributed by atoms with Crippen LogP contribution in [0.5, 0.6) is 5.75 Å². The van der Waals surface area contributed by atoms with Crippen molar-refractivity contribution >= 4 is 34.2 Å². The van der Waals surface area contributed by atoms with E-state index in [1.165, 1.54) is 11.5 Å². The molecular formula is C13H12N6OS2. The summed E-state index contributed by atoms with van der Waals surface area (Å²) in [5.74, 6) is 1.60. The number of nitrogens with one attached hydrogen (secondary N) is 1. The number of nitrogens with zero attached hydrogens (tertiary/aromatic N) is 5. The Bertz CT molecular complexity index is 769. The Morgan fingerprint density at radius 1 is 1.27 bits per heavy atom. The van der Waals surface area contributed by atoms with E-state index in [1.807, 2.05) is 36.2 Å². The summed E-state index contributed by atoms with van der Waals surface area (Å²) in [5.41, 5.74) is 5.00. The first-order valence-corrected chi connectivity index (χ1v) is 8.23. The van der Waals surface area contributed by atoms with E-state index in [-0.39, 0.29) is 5.50 Å². The van der Waals surface area contributed by atoms with Crippen LogP contribution in [0.25, 0.3) is 0 Å². The Kier molecular flexibility index (Phi) is 3.23. The molecule has 9 heteroatoms. The molecule has 1 N–H and O–H groups in total. The number of hydrazone groups is 2. The van der Waals surface area contributed by atoms with Crippen molar-refractivity contribution in [3.63, 3.8) is 0 Å². The van der Waals surface area contributed by atoms with Crippen LogP contribution in [0.3, 0.4) is 0 Å². The molecule has 2 aliphatic heterocycles. The molecule has 0 amide bonds. The highest BCUT2D eigenvalue weighted by Gasteiger charge is 2.37. The number of aromatic nitrogens is 2. The van der Waals surface area contributed by atoms with Crippen LogP contribution >= 0.6 is 23.3 Å². The van der Waals surface area contributed by atoms with Crippen molar-refractivity contribution in [1.82, 2.24) is 20.0 Å². The topological polar surface area (TPSA) is 75.0 Å². The molecule has 1 aromatic carbocycles. The van der Waals surface area contributed by atoms with Crippen LogP contribution in [0.4, 0.5) is 0 Å². The van der Waals surface area contributed by atoms with E-state index in [4.69, 9.17) is 4.74 Å². The fourth-order valence-electron chi connectivity index (χ4n) is 2.19. The minimum Gasteiger partial charge on any atom is -0.497 e. The number of hydrogen-bond donors (Lipinski definition) is 1. The molecule has 112 valence electrons. The summed E-state index contributed by atoms with van der Waals surface area (Å²) in [6.07, 6.45) is 0. The smallest absolute Gasteiger partial charge is 0.192 e. The van der Waals surface area contributed by atoms with Gasteiger partial charge in [0, 0.05) is 5.56 Å². The highest BCUT2D eigenvalue weighted by Crippen LogP contribution is 2.33. The lowest BCUT2D eigenvalue weighted by Gasteiger charge is -2.12. The van der Waals surface area contributed by atoms with Crippen LogP contribution in [0, 0.1) is 6.92 Å². The van der Waals surface area contributed by atoms with Crippen molar-refractivity contribution in [1.29, 1.82) is 0 Å². The maximum Gasteiger partial charge on any atom is 0.192 e. The Labute approximate surface area is 135 Å². The fourth-order valence-corrected chi connectivity index (χ4v) is 3.80. The van der Waals surface area contributed by atoms with Crippen LogP contribution in [0.2, 0.25) is 0 Å². The molecule has 7 nitrogen and oxygen atoms in total. The second-order valence-corrected chi connectivity index (χ2v) is 6.52. The summed E-state index contributed by atoms with van der Waals surface area (Å²) in [6.45, 7) is 1.92. The maximum atomic E-state index is 5.18. The van der Waals surface area contributed by atoms with Gasteiger partial charge in [0.15, 0.2) is 11.3 Å². The van der Waals surface area contributed by atoms with Crippen molar-refractivity contribution < 1.29 is 4.74 Å². The normalized spacial score (nSPS) is 19.5. The van der Waals surface area contributed by atoms with Gasteiger partial charge in [-0.25, -0.2) is 5.01 Å². The molecule has 0 fully saturated rings. The molecule has 1 aromatic heterocycles. The number of methoxy groups -OCH3 is 1. The molecule has 0 saturated heterocycles. The van der Waals surface area contributed by atoms with Gasteiger partial charge in [-0.15, -0.1) is 5.10 Å². The third kappa shape index (κ3) is 2.13. The van der Waals surface area contributed by atoms with Crippen molar-refractivity contribution in [3.05, 3.63) is 40.4 Å². The monoisotopic (exact) mass is 332 g/mol. The van der Waals surface area contributed by atoms with Crippen molar-refractivity contribution in [2.45, 2.75) is 12.4 Å². The predicted molar refractivity (Wildman–Crippen MR) is 87.1 cm³/mol. The molecule has 4 rings (SSSR count). The van der Waals surface area contributed by atoms with Gasteiger partial charge in [0.1, 0.15) is 15.7 Å². The van der Waals surface area contributed by atoms with Crippen LogP contribution in [-0.2, 0) is 0 Å². The summed E-state index contributed by atoms with van der Waals surface area (Å²) in [5, 5.41) is 15.9. The van der Waals surface area contributed by atoms with Gasteiger partial charge in [0.05, 0.1) is 12.8 Å². The van der Waals surface area contributed by atoms with Crippen LogP contribution < -0.4 is 10.2 Å². The van der Waals surface area contributed by atoms with Gasteiger partial charge in [-0.2, -0.15) is 10.2 Å². The van der Waals surface area contributed by atoms with Gasteiger partial charge in [-0.1, -0.05) is 16.3 Å². The molecule has 2 aliphatic rings. The zero-order valence-electron chi connectivity index (χ0n) is 11.8. The lowest BCUT2D eigenvalue weighted by molar-refractivity contribution is 0.414. The first-order chi connectivity index (χ1) is 10.8. The van der Waals surface area contributed by atoms with Gasteiger partial charge in [-0.3, -0.25) is 5.43 Å². The fraction of sp³-hybridized carbons (Fsp3) is 0.231. The minimum absolute atomic E-state index is 0.0198. The second kappa shape index (κ2) is 5.25. The zero-order chi connectivity index (χ0) is 15.1. The largest absolute Gasteiger partial charge is 0.497 e.